The topological polar surface area (TPSA) is 64.8 Å². The molecule has 4 heterocycles. The minimum atomic E-state index is -4.42. The third-order valence-electron chi connectivity index (χ3n) is 5.90. The van der Waals surface area contributed by atoms with E-state index in [1.54, 1.807) is 0 Å². The maximum absolute atomic E-state index is 13.4. The van der Waals surface area contributed by atoms with Crippen LogP contribution in [0.3, 0.4) is 0 Å². The van der Waals surface area contributed by atoms with Crippen molar-refractivity contribution in [2.45, 2.75) is 24.9 Å². The van der Waals surface area contributed by atoms with Crippen LogP contribution in [-0.2, 0) is 11.0 Å². The molecule has 5 rings (SSSR count). The standard InChI is InChI=1S/C21H19F3IN5O/c22-21(23,24)13-2-4-14(5-3-13)29-11-17(26)28-8-7-15(19(28)20(29)31)12-1-6-18-27-9-16(25)30(18)10-12/h1-6,9-10,17-18,27H,7-8,11,26H2/t17-,18?/m1/s1. The lowest BCUT2D eigenvalue weighted by molar-refractivity contribution is -0.137. The highest BCUT2D eigenvalue weighted by Crippen LogP contribution is 2.38. The number of hydrogen-bond donors (Lipinski definition) is 2. The average molecular weight is 541 g/mol. The highest BCUT2D eigenvalue weighted by Gasteiger charge is 2.41. The maximum Gasteiger partial charge on any atom is 0.416 e. The summed E-state index contributed by atoms with van der Waals surface area (Å²) in [6, 6.07) is 4.63. The minimum absolute atomic E-state index is 0.0618. The van der Waals surface area contributed by atoms with Gasteiger partial charge in [0.25, 0.3) is 5.91 Å². The number of benzene rings is 1. The number of fused-ring (bicyclic) bond motifs is 2. The van der Waals surface area contributed by atoms with E-state index in [2.05, 4.69) is 32.8 Å². The quantitative estimate of drug-likeness (QED) is 0.445. The second kappa shape index (κ2) is 7.30. The first kappa shape index (κ1) is 20.4. The zero-order chi connectivity index (χ0) is 21.9. The minimum Gasteiger partial charge on any atom is -0.366 e. The Kier molecular flexibility index (Phi) is 4.81. The molecule has 1 amide bonds. The third kappa shape index (κ3) is 3.41. The van der Waals surface area contributed by atoms with Crippen molar-refractivity contribution in [3.63, 3.8) is 0 Å². The van der Waals surface area contributed by atoms with Gasteiger partial charge in [-0.05, 0) is 70.5 Å². The fourth-order valence-corrected chi connectivity index (χ4v) is 4.97. The van der Waals surface area contributed by atoms with Gasteiger partial charge in [-0.1, -0.05) is 6.08 Å². The van der Waals surface area contributed by atoms with Gasteiger partial charge in [-0.3, -0.25) is 4.79 Å². The highest BCUT2D eigenvalue weighted by atomic mass is 127. The predicted molar refractivity (Wildman–Crippen MR) is 118 cm³/mol. The van der Waals surface area contributed by atoms with Crippen molar-refractivity contribution in [2.75, 3.05) is 18.0 Å². The lowest BCUT2D eigenvalue weighted by atomic mass is 9.99. The molecule has 0 spiro atoms. The molecule has 1 saturated heterocycles. The van der Waals surface area contributed by atoms with Crippen LogP contribution in [0.25, 0.3) is 0 Å². The van der Waals surface area contributed by atoms with Crippen LogP contribution in [0.4, 0.5) is 18.9 Å². The van der Waals surface area contributed by atoms with Crippen LogP contribution in [0.5, 0.6) is 0 Å². The second-order valence-corrected chi connectivity index (χ2v) is 8.83. The van der Waals surface area contributed by atoms with Crippen LogP contribution in [-0.4, -0.2) is 41.1 Å². The normalized spacial score (nSPS) is 25.5. The summed E-state index contributed by atoms with van der Waals surface area (Å²) in [5.74, 6) is -0.241. The van der Waals surface area contributed by atoms with Gasteiger partial charge in [0.2, 0.25) is 0 Å². The molecule has 162 valence electrons. The van der Waals surface area contributed by atoms with Gasteiger partial charge in [0, 0.05) is 24.6 Å². The number of alkyl halides is 3. The Morgan fingerprint density at radius 2 is 1.94 bits per heavy atom. The molecule has 0 bridgehead atoms. The van der Waals surface area contributed by atoms with Crippen LogP contribution in [0, 0.1) is 0 Å². The first-order chi connectivity index (χ1) is 14.7. The Morgan fingerprint density at radius 1 is 1.19 bits per heavy atom. The fourth-order valence-electron chi connectivity index (χ4n) is 4.35. The number of piperazine rings is 1. The van der Waals surface area contributed by atoms with E-state index in [4.69, 9.17) is 5.73 Å². The molecule has 1 aromatic rings. The number of rotatable bonds is 2. The summed E-state index contributed by atoms with van der Waals surface area (Å²) in [5, 5.41) is 3.26. The largest absolute Gasteiger partial charge is 0.416 e. The van der Waals surface area contributed by atoms with Gasteiger partial charge in [0.05, 0.1) is 22.0 Å². The molecule has 0 aliphatic carbocycles. The summed E-state index contributed by atoms with van der Waals surface area (Å²) in [6.07, 6.45) is 3.87. The summed E-state index contributed by atoms with van der Waals surface area (Å²) in [6.45, 7) is 0.854. The number of amides is 1. The number of nitrogens with zero attached hydrogens (tertiary/aromatic N) is 3. The highest BCUT2D eigenvalue weighted by molar-refractivity contribution is 14.1. The molecule has 0 aromatic heterocycles. The van der Waals surface area contributed by atoms with Crippen LogP contribution in [0.1, 0.15) is 12.0 Å². The van der Waals surface area contributed by atoms with E-state index in [1.807, 2.05) is 29.5 Å². The Morgan fingerprint density at radius 3 is 2.65 bits per heavy atom. The summed E-state index contributed by atoms with van der Waals surface area (Å²) in [5.41, 5.74) is 8.39. The zero-order valence-electron chi connectivity index (χ0n) is 16.2. The van der Waals surface area contributed by atoms with E-state index in [-0.39, 0.29) is 18.6 Å². The number of allylic oxidation sites excluding steroid dienone is 2. The van der Waals surface area contributed by atoms with Gasteiger partial charge in [-0.15, -0.1) is 0 Å². The number of halogens is 4. The van der Waals surface area contributed by atoms with Gasteiger partial charge >= 0.3 is 6.18 Å². The molecule has 6 nitrogen and oxygen atoms in total. The molecule has 1 aromatic carbocycles. The second-order valence-electron chi connectivity index (χ2n) is 7.73. The van der Waals surface area contributed by atoms with E-state index in [0.717, 1.165) is 27.0 Å². The van der Waals surface area contributed by atoms with E-state index < -0.39 is 17.9 Å². The van der Waals surface area contributed by atoms with Crippen molar-refractivity contribution in [1.29, 1.82) is 0 Å². The van der Waals surface area contributed by atoms with E-state index in [0.29, 0.717) is 24.4 Å². The molecule has 4 aliphatic heterocycles. The third-order valence-corrected chi connectivity index (χ3v) is 6.77. The molecule has 3 N–H and O–H groups in total. The number of carbonyl (C=O) groups is 1. The molecule has 1 fully saturated rings. The van der Waals surface area contributed by atoms with Crippen molar-refractivity contribution in [2.24, 2.45) is 5.73 Å². The molecule has 10 heteroatoms. The van der Waals surface area contributed by atoms with Crippen LogP contribution in [0.2, 0.25) is 0 Å². The summed E-state index contributed by atoms with van der Waals surface area (Å²) < 4.78 is 39.8. The van der Waals surface area contributed by atoms with Crippen molar-refractivity contribution in [3.8, 4) is 0 Å². The molecule has 2 atom stereocenters. The lowest BCUT2D eigenvalue weighted by Gasteiger charge is -2.40. The summed E-state index contributed by atoms with van der Waals surface area (Å²) in [7, 11) is 0. The molecule has 31 heavy (non-hydrogen) atoms. The van der Waals surface area contributed by atoms with E-state index >= 15 is 0 Å². The first-order valence-electron chi connectivity index (χ1n) is 9.79. The van der Waals surface area contributed by atoms with Crippen molar-refractivity contribution >= 4 is 34.2 Å². The summed E-state index contributed by atoms with van der Waals surface area (Å²) in [4.78, 5) is 18.9. The van der Waals surface area contributed by atoms with Gasteiger partial charge in [0.1, 0.15) is 11.9 Å². The number of nitrogens with one attached hydrogen (secondary N) is 1. The van der Waals surface area contributed by atoms with Gasteiger partial charge < -0.3 is 25.8 Å². The number of nitrogens with two attached hydrogens (primary N) is 1. The Labute approximate surface area is 190 Å². The number of hydrogen-bond acceptors (Lipinski definition) is 5. The molecule has 0 radical (unpaired) electrons. The lowest BCUT2D eigenvalue weighted by Crippen LogP contribution is -2.57. The van der Waals surface area contributed by atoms with Gasteiger partial charge in [-0.2, -0.15) is 13.2 Å². The van der Waals surface area contributed by atoms with Crippen molar-refractivity contribution in [3.05, 3.63) is 74.9 Å². The van der Waals surface area contributed by atoms with Gasteiger partial charge in [-0.25, -0.2) is 0 Å². The average Bonchev–Trinajstić information content (AvgIpc) is 3.35. The van der Waals surface area contributed by atoms with Crippen molar-refractivity contribution in [1.82, 2.24) is 15.1 Å². The zero-order valence-corrected chi connectivity index (χ0v) is 18.4. The smallest absolute Gasteiger partial charge is 0.366 e. The molecular weight excluding hydrogens is 522 g/mol. The Hall–Kier alpha value is -2.47. The summed E-state index contributed by atoms with van der Waals surface area (Å²) >= 11 is 2.25. The van der Waals surface area contributed by atoms with Crippen LogP contribution >= 0.6 is 22.6 Å². The molecular formula is C21H19F3IN5O. The predicted octanol–water partition coefficient (Wildman–Crippen LogP) is 3.22. The first-order valence-corrected chi connectivity index (χ1v) is 10.9. The number of carbonyl (C=O) groups excluding carboxylic acids is 1. The van der Waals surface area contributed by atoms with E-state index in [1.165, 1.54) is 17.0 Å². The fraction of sp³-hybridized carbons (Fsp3) is 0.286. The molecule has 4 aliphatic rings. The van der Waals surface area contributed by atoms with Crippen LogP contribution < -0.4 is 16.0 Å². The van der Waals surface area contributed by atoms with Gasteiger partial charge in [0.15, 0.2) is 0 Å². The Balaban J connectivity index is 1.50. The maximum atomic E-state index is 13.4. The monoisotopic (exact) mass is 541 g/mol. The van der Waals surface area contributed by atoms with Crippen molar-refractivity contribution < 1.29 is 18.0 Å². The SMILES string of the molecule is N[C@H]1CN(c2ccc(C(F)(F)F)cc2)C(=O)C2=C(C3=CN4C(I)=CNC4C=C3)CCN21. The Bertz CT molecular complexity index is 1060. The molecule has 0 saturated carbocycles. The number of anilines is 1. The van der Waals surface area contributed by atoms with E-state index in [9.17, 15) is 18.0 Å². The molecule has 1 unspecified atom stereocenters. The van der Waals surface area contributed by atoms with Crippen LogP contribution in [0.15, 0.2) is 69.4 Å².